The van der Waals surface area contributed by atoms with Gasteiger partial charge in [-0.05, 0) is 75.5 Å². The predicted octanol–water partition coefficient (Wildman–Crippen LogP) is 4.36. The second-order valence-electron chi connectivity index (χ2n) is 8.54. The highest BCUT2D eigenvalue weighted by atomic mass is 32.2. The molecule has 0 bridgehead atoms. The lowest BCUT2D eigenvalue weighted by atomic mass is 9.94. The number of nitrogens with zero attached hydrogens (tertiary/aromatic N) is 4. The summed E-state index contributed by atoms with van der Waals surface area (Å²) in [6, 6.07) is 8.65. The number of rotatable bonds is 8. The summed E-state index contributed by atoms with van der Waals surface area (Å²) >= 11 is 1.80. The Labute approximate surface area is 185 Å². The zero-order valence-corrected chi connectivity index (χ0v) is 19.2. The molecule has 0 saturated carbocycles. The largest absolute Gasteiger partial charge is 0.496 e. The second kappa shape index (κ2) is 10.6. The molecule has 5 nitrogen and oxygen atoms in total. The van der Waals surface area contributed by atoms with Crippen molar-refractivity contribution in [3.63, 3.8) is 0 Å². The molecule has 0 amide bonds. The van der Waals surface area contributed by atoms with E-state index < -0.39 is 0 Å². The van der Waals surface area contributed by atoms with Crippen molar-refractivity contribution in [3.05, 3.63) is 47.3 Å². The van der Waals surface area contributed by atoms with Gasteiger partial charge in [-0.1, -0.05) is 23.9 Å². The Kier molecular flexibility index (Phi) is 7.63. The Hall–Kier alpha value is -1.63. The summed E-state index contributed by atoms with van der Waals surface area (Å²) in [7, 11) is 1.73. The smallest absolute Gasteiger partial charge is 0.187 e. The van der Waals surface area contributed by atoms with Gasteiger partial charge in [0.05, 0.1) is 7.11 Å². The molecule has 162 valence electrons. The first-order valence-corrected chi connectivity index (χ1v) is 12.2. The number of aryl methyl sites for hydroxylation is 1. The van der Waals surface area contributed by atoms with Crippen LogP contribution in [0.4, 0.5) is 0 Å². The molecule has 1 aromatic heterocycles. The van der Waals surface area contributed by atoms with Gasteiger partial charge in [0.25, 0.3) is 0 Å². The minimum Gasteiger partial charge on any atom is -0.496 e. The van der Waals surface area contributed by atoms with E-state index >= 15 is 0 Å². The molecule has 0 unspecified atom stereocenters. The second-order valence-corrected chi connectivity index (χ2v) is 9.60. The zero-order valence-electron chi connectivity index (χ0n) is 18.3. The van der Waals surface area contributed by atoms with Crippen LogP contribution in [-0.4, -0.2) is 65.4 Å². The maximum Gasteiger partial charge on any atom is 0.187 e. The molecule has 2 fully saturated rings. The van der Waals surface area contributed by atoms with E-state index in [0.29, 0.717) is 5.92 Å². The lowest BCUT2D eigenvalue weighted by Crippen LogP contribution is -2.34. The van der Waals surface area contributed by atoms with Crippen molar-refractivity contribution >= 4 is 11.8 Å². The topological polar surface area (TPSA) is 41.5 Å². The van der Waals surface area contributed by atoms with Crippen LogP contribution in [0.15, 0.2) is 35.6 Å². The number of piperidine rings is 1. The molecular formula is C24H34N4OS. The molecule has 1 aromatic carbocycles. The van der Waals surface area contributed by atoms with E-state index in [1.165, 1.54) is 55.6 Å². The van der Waals surface area contributed by atoms with Crippen LogP contribution in [0.3, 0.4) is 0 Å². The van der Waals surface area contributed by atoms with E-state index in [9.17, 15) is 0 Å². The van der Waals surface area contributed by atoms with Crippen molar-refractivity contribution in [2.24, 2.45) is 0 Å². The van der Waals surface area contributed by atoms with Gasteiger partial charge in [-0.3, -0.25) is 4.90 Å². The highest BCUT2D eigenvalue weighted by Gasteiger charge is 2.23. The first-order valence-electron chi connectivity index (χ1n) is 11.3. The van der Waals surface area contributed by atoms with Crippen LogP contribution in [-0.2, 0) is 6.54 Å². The van der Waals surface area contributed by atoms with Crippen LogP contribution in [0.1, 0.15) is 48.4 Å². The number of methoxy groups -OCH3 is 1. The molecule has 0 radical (unpaired) electrons. The van der Waals surface area contributed by atoms with Gasteiger partial charge in [0.15, 0.2) is 5.16 Å². The minimum absolute atomic E-state index is 0.499. The number of hydrogen-bond donors (Lipinski definition) is 0. The Balaban J connectivity index is 1.32. The summed E-state index contributed by atoms with van der Waals surface area (Å²) < 4.78 is 5.40. The van der Waals surface area contributed by atoms with Crippen molar-refractivity contribution in [2.75, 3.05) is 45.6 Å². The SMILES string of the molecule is COc1ccc(CN2CCC[C@@H](c3ccnc(SCCN4CCCC4)n3)C2)cc1C. The quantitative estimate of drug-likeness (QED) is 0.461. The molecule has 4 rings (SSSR count). The maximum absolute atomic E-state index is 5.40. The van der Waals surface area contributed by atoms with Gasteiger partial charge >= 0.3 is 0 Å². The number of aromatic nitrogens is 2. The normalized spacial score (nSPS) is 20.5. The van der Waals surface area contributed by atoms with E-state index in [1.807, 2.05) is 6.20 Å². The van der Waals surface area contributed by atoms with Gasteiger partial charge < -0.3 is 9.64 Å². The molecule has 2 aliphatic heterocycles. The van der Waals surface area contributed by atoms with Gasteiger partial charge in [0.2, 0.25) is 0 Å². The van der Waals surface area contributed by atoms with Crippen molar-refractivity contribution in [1.82, 2.24) is 19.8 Å². The molecule has 0 N–H and O–H groups in total. The number of benzene rings is 1. The lowest BCUT2D eigenvalue weighted by molar-refractivity contribution is 0.198. The van der Waals surface area contributed by atoms with Gasteiger partial charge in [0, 0.05) is 43.2 Å². The Morgan fingerprint density at radius 2 is 1.93 bits per heavy atom. The van der Waals surface area contributed by atoms with Crippen molar-refractivity contribution in [2.45, 2.75) is 50.2 Å². The summed E-state index contributed by atoms with van der Waals surface area (Å²) in [6.45, 7) is 9.00. The van der Waals surface area contributed by atoms with E-state index in [2.05, 4.69) is 46.0 Å². The molecule has 3 heterocycles. The third-order valence-corrected chi connectivity index (χ3v) is 7.12. The number of likely N-dealkylation sites (tertiary alicyclic amines) is 2. The summed E-state index contributed by atoms with van der Waals surface area (Å²) in [5.41, 5.74) is 3.77. The van der Waals surface area contributed by atoms with Gasteiger partial charge in [-0.2, -0.15) is 0 Å². The molecule has 2 aliphatic rings. The minimum atomic E-state index is 0.499. The van der Waals surface area contributed by atoms with Gasteiger partial charge in [-0.25, -0.2) is 9.97 Å². The Bertz CT molecular complexity index is 825. The van der Waals surface area contributed by atoms with Crippen molar-refractivity contribution < 1.29 is 4.74 Å². The predicted molar refractivity (Wildman–Crippen MR) is 123 cm³/mol. The van der Waals surface area contributed by atoms with Crippen LogP contribution in [0.25, 0.3) is 0 Å². The van der Waals surface area contributed by atoms with E-state index in [-0.39, 0.29) is 0 Å². The Morgan fingerprint density at radius 1 is 1.10 bits per heavy atom. The van der Waals surface area contributed by atoms with Gasteiger partial charge in [-0.15, -0.1) is 0 Å². The monoisotopic (exact) mass is 426 g/mol. The van der Waals surface area contributed by atoms with E-state index in [0.717, 1.165) is 42.8 Å². The molecule has 2 aromatic rings. The average Bonchev–Trinajstić information content (AvgIpc) is 3.28. The summed E-state index contributed by atoms with van der Waals surface area (Å²) in [4.78, 5) is 14.6. The van der Waals surface area contributed by atoms with Crippen LogP contribution < -0.4 is 4.74 Å². The van der Waals surface area contributed by atoms with E-state index in [4.69, 9.17) is 9.72 Å². The fourth-order valence-corrected chi connectivity index (χ4v) is 5.50. The lowest BCUT2D eigenvalue weighted by Gasteiger charge is -2.32. The van der Waals surface area contributed by atoms with Crippen LogP contribution in [0.2, 0.25) is 0 Å². The number of ether oxygens (including phenoxy) is 1. The summed E-state index contributed by atoms with van der Waals surface area (Å²) in [5.74, 6) is 2.54. The van der Waals surface area contributed by atoms with Crippen LogP contribution in [0.5, 0.6) is 5.75 Å². The first-order chi connectivity index (χ1) is 14.7. The first kappa shape index (κ1) is 21.6. The molecule has 0 spiro atoms. The van der Waals surface area contributed by atoms with Crippen molar-refractivity contribution in [3.8, 4) is 5.75 Å². The molecule has 2 saturated heterocycles. The van der Waals surface area contributed by atoms with Gasteiger partial charge in [0.1, 0.15) is 5.75 Å². The fraction of sp³-hybridized carbons (Fsp3) is 0.583. The third-order valence-electron chi connectivity index (χ3n) is 6.28. The highest BCUT2D eigenvalue weighted by molar-refractivity contribution is 7.99. The van der Waals surface area contributed by atoms with Crippen LogP contribution >= 0.6 is 11.8 Å². The summed E-state index contributed by atoms with van der Waals surface area (Å²) in [6.07, 6.45) is 7.09. The third kappa shape index (κ3) is 5.74. The highest BCUT2D eigenvalue weighted by Crippen LogP contribution is 2.28. The molecule has 1 atom stereocenters. The Morgan fingerprint density at radius 3 is 2.73 bits per heavy atom. The zero-order chi connectivity index (χ0) is 20.8. The fourth-order valence-electron chi connectivity index (χ4n) is 4.66. The molecule has 30 heavy (non-hydrogen) atoms. The van der Waals surface area contributed by atoms with E-state index in [1.54, 1.807) is 18.9 Å². The van der Waals surface area contributed by atoms with Crippen molar-refractivity contribution in [1.29, 1.82) is 0 Å². The maximum atomic E-state index is 5.40. The number of hydrogen-bond acceptors (Lipinski definition) is 6. The summed E-state index contributed by atoms with van der Waals surface area (Å²) in [5, 5.41) is 0.939. The van der Waals surface area contributed by atoms with Crippen LogP contribution in [0, 0.1) is 6.92 Å². The number of thioether (sulfide) groups is 1. The standard InChI is InChI=1S/C24H34N4OS/c1-19-16-20(7-8-23(19)29-2)17-28-13-5-6-21(18-28)22-9-10-25-24(26-22)30-15-14-27-11-3-4-12-27/h7-10,16,21H,3-6,11-15,17-18H2,1-2H3/t21-/m1/s1. The average molecular weight is 427 g/mol. The molecular weight excluding hydrogens is 392 g/mol. The molecule has 0 aliphatic carbocycles. The molecule has 6 heteroatoms.